The first-order valence-electron chi connectivity index (χ1n) is 9.61. The molecule has 0 atom stereocenters. The Kier molecular flexibility index (Phi) is 7.56. The number of amides is 2. The maximum atomic E-state index is 13.4. The number of halogens is 1. The maximum Gasteiger partial charge on any atom is 0.283 e. The van der Waals surface area contributed by atoms with Gasteiger partial charge in [-0.25, -0.2) is 9.38 Å². The smallest absolute Gasteiger partial charge is 0.283 e. The second-order valence-electron chi connectivity index (χ2n) is 6.62. The quantitative estimate of drug-likeness (QED) is 0.453. The third-order valence-electron chi connectivity index (χ3n) is 4.39. The van der Waals surface area contributed by atoms with Crippen molar-refractivity contribution in [3.8, 4) is 0 Å². The fraction of sp³-hybridized carbons (Fsp3) is 0.125. The van der Waals surface area contributed by atoms with Crippen LogP contribution in [0.3, 0.4) is 0 Å². The van der Waals surface area contributed by atoms with Crippen molar-refractivity contribution in [1.29, 1.82) is 0 Å². The molecule has 1 heterocycles. The van der Waals surface area contributed by atoms with Crippen LogP contribution in [0, 0.1) is 5.82 Å². The second kappa shape index (κ2) is 10.5. The standard InChI is InChI=1S/C24H22FN3O2S/c1-3-14-27(15-4-2)22(29)17-31-24-26-21(16-18-8-6-5-7-9-18)23(30)28(24)20-12-10-19(25)11-13-20/h3-13,16H,1-2,14-15,17H2. The fourth-order valence-electron chi connectivity index (χ4n) is 2.93. The molecule has 0 saturated carbocycles. The van der Waals surface area contributed by atoms with Crippen molar-refractivity contribution in [2.24, 2.45) is 4.99 Å². The molecule has 7 heteroatoms. The van der Waals surface area contributed by atoms with Gasteiger partial charge in [0.25, 0.3) is 5.91 Å². The zero-order valence-corrected chi connectivity index (χ0v) is 17.7. The molecular weight excluding hydrogens is 413 g/mol. The number of aliphatic imine (C=N–C) groups is 1. The Morgan fingerprint density at radius 3 is 2.32 bits per heavy atom. The number of thioether (sulfide) groups is 1. The van der Waals surface area contributed by atoms with E-state index in [-0.39, 0.29) is 23.3 Å². The van der Waals surface area contributed by atoms with Crippen LogP contribution in [0.4, 0.5) is 10.1 Å². The molecule has 3 rings (SSSR count). The Morgan fingerprint density at radius 1 is 1.06 bits per heavy atom. The predicted molar refractivity (Wildman–Crippen MR) is 125 cm³/mol. The molecule has 1 aliphatic heterocycles. The van der Waals surface area contributed by atoms with Gasteiger partial charge in [0.15, 0.2) is 5.17 Å². The summed E-state index contributed by atoms with van der Waals surface area (Å²) in [4.78, 5) is 33.2. The van der Waals surface area contributed by atoms with Gasteiger partial charge >= 0.3 is 0 Å². The number of anilines is 1. The first-order valence-corrected chi connectivity index (χ1v) is 10.6. The third kappa shape index (κ3) is 5.58. The summed E-state index contributed by atoms with van der Waals surface area (Å²) in [6.07, 6.45) is 4.98. The molecule has 2 aromatic carbocycles. The highest BCUT2D eigenvalue weighted by Gasteiger charge is 2.32. The Hall–Kier alpha value is -3.45. The zero-order chi connectivity index (χ0) is 22.2. The average Bonchev–Trinajstić information content (AvgIpc) is 3.08. The van der Waals surface area contributed by atoms with Gasteiger partial charge in [-0.1, -0.05) is 54.2 Å². The van der Waals surface area contributed by atoms with Crippen LogP contribution < -0.4 is 4.90 Å². The van der Waals surface area contributed by atoms with Crippen LogP contribution >= 0.6 is 11.8 Å². The Labute approximate surface area is 185 Å². The molecule has 2 amide bonds. The second-order valence-corrected chi connectivity index (χ2v) is 7.56. The normalized spacial score (nSPS) is 14.5. The summed E-state index contributed by atoms with van der Waals surface area (Å²) in [5.41, 5.74) is 1.56. The SMILES string of the molecule is C=CCN(CC=C)C(=O)CSC1=NC(=Cc2ccccc2)C(=O)N1c1ccc(F)cc1. The van der Waals surface area contributed by atoms with Gasteiger partial charge in [-0.05, 0) is 35.9 Å². The molecule has 0 radical (unpaired) electrons. The van der Waals surface area contributed by atoms with Crippen LogP contribution in [0.1, 0.15) is 5.56 Å². The molecule has 158 valence electrons. The van der Waals surface area contributed by atoms with Crippen molar-refractivity contribution in [3.63, 3.8) is 0 Å². The van der Waals surface area contributed by atoms with Gasteiger partial charge in [0.1, 0.15) is 11.5 Å². The average molecular weight is 436 g/mol. The molecular formula is C24H22FN3O2S. The third-order valence-corrected chi connectivity index (χ3v) is 5.32. The Balaban J connectivity index is 1.87. The molecule has 0 aliphatic carbocycles. The van der Waals surface area contributed by atoms with E-state index in [9.17, 15) is 14.0 Å². The highest BCUT2D eigenvalue weighted by molar-refractivity contribution is 8.14. The number of carbonyl (C=O) groups excluding carboxylic acids is 2. The number of nitrogens with zero attached hydrogens (tertiary/aromatic N) is 3. The number of rotatable bonds is 8. The lowest BCUT2D eigenvalue weighted by Crippen LogP contribution is -2.35. The molecule has 31 heavy (non-hydrogen) atoms. The number of hydrogen-bond acceptors (Lipinski definition) is 4. The van der Waals surface area contributed by atoms with E-state index in [4.69, 9.17) is 0 Å². The first-order chi connectivity index (χ1) is 15.0. The zero-order valence-electron chi connectivity index (χ0n) is 16.9. The van der Waals surface area contributed by atoms with Gasteiger partial charge in [-0.15, -0.1) is 13.2 Å². The van der Waals surface area contributed by atoms with Crippen molar-refractivity contribution in [2.45, 2.75) is 0 Å². The van der Waals surface area contributed by atoms with E-state index < -0.39 is 5.82 Å². The molecule has 5 nitrogen and oxygen atoms in total. The minimum Gasteiger partial charge on any atom is -0.335 e. The van der Waals surface area contributed by atoms with Crippen molar-refractivity contribution < 1.29 is 14.0 Å². The summed E-state index contributed by atoms with van der Waals surface area (Å²) in [5, 5.41) is 0.365. The fourth-order valence-corrected chi connectivity index (χ4v) is 3.84. The summed E-state index contributed by atoms with van der Waals surface area (Å²) in [6, 6.07) is 15.0. The van der Waals surface area contributed by atoms with Gasteiger partial charge in [-0.3, -0.25) is 14.5 Å². The van der Waals surface area contributed by atoms with Gasteiger partial charge < -0.3 is 4.90 Å². The van der Waals surface area contributed by atoms with Crippen LogP contribution in [0.15, 0.2) is 90.6 Å². The molecule has 0 bridgehead atoms. The van der Waals surface area contributed by atoms with Gasteiger partial charge in [-0.2, -0.15) is 0 Å². The monoisotopic (exact) mass is 435 g/mol. The molecule has 1 aliphatic rings. The molecule has 0 unspecified atom stereocenters. The van der Waals surface area contributed by atoms with Gasteiger partial charge in [0.05, 0.1) is 11.4 Å². The van der Waals surface area contributed by atoms with Crippen molar-refractivity contribution in [3.05, 3.63) is 97.0 Å². The number of amidine groups is 1. The van der Waals surface area contributed by atoms with Gasteiger partial charge in [0.2, 0.25) is 5.91 Å². The minimum absolute atomic E-state index is 0.0874. The first kappa shape index (κ1) is 22.2. The lowest BCUT2D eigenvalue weighted by atomic mass is 10.2. The van der Waals surface area contributed by atoms with Crippen LogP contribution in [-0.4, -0.2) is 40.7 Å². The highest BCUT2D eigenvalue weighted by Crippen LogP contribution is 2.29. The van der Waals surface area contributed by atoms with Crippen molar-refractivity contribution in [2.75, 3.05) is 23.7 Å². The minimum atomic E-state index is -0.402. The Morgan fingerprint density at radius 2 is 1.71 bits per heavy atom. The molecule has 0 saturated heterocycles. The highest BCUT2D eigenvalue weighted by atomic mass is 32.2. The van der Waals surface area contributed by atoms with Crippen molar-refractivity contribution >= 4 is 40.5 Å². The summed E-state index contributed by atoms with van der Waals surface area (Å²) in [7, 11) is 0. The van der Waals surface area contributed by atoms with Crippen LogP contribution in [0.2, 0.25) is 0 Å². The van der Waals surface area contributed by atoms with E-state index in [0.29, 0.717) is 23.9 Å². The van der Waals surface area contributed by atoms with E-state index >= 15 is 0 Å². The molecule has 0 aromatic heterocycles. The molecule has 0 N–H and O–H groups in total. The summed E-state index contributed by atoms with van der Waals surface area (Å²) >= 11 is 1.16. The van der Waals surface area contributed by atoms with Crippen LogP contribution in [-0.2, 0) is 9.59 Å². The number of hydrogen-bond donors (Lipinski definition) is 0. The van der Waals surface area contributed by atoms with Gasteiger partial charge in [0, 0.05) is 13.1 Å². The predicted octanol–water partition coefficient (Wildman–Crippen LogP) is 4.50. The van der Waals surface area contributed by atoms with E-state index in [1.165, 1.54) is 29.2 Å². The summed E-state index contributed by atoms with van der Waals surface area (Å²) in [6.45, 7) is 8.14. The summed E-state index contributed by atoms with van der Waals surface area (Å²) < 4.78 is 13.4. The van der Waals surface area contributed by atoms with Crippen LogP contribution in [0.5, 0.6) is 0 Å². The molecule has 0 spiro atoms. The van der Waals surface area contributed by atoms with E-state index in [1.54, 1.807) is 23.1 Å². The molecule has 0 fully saturated rings. The number of carbonyl (C=O) groups is 2. The maximum absolute atomic E-state index is 13.4. The molecule has 2 aromatic rings. The summed E-state index contributed by atoms with van der Waals surface area (Å²) in [5.74, 6) is -0.774. The van der Waals surface area contributed by atoms with E-state index in [0.717, 1.165) is 17.3 Å². The lowest BCUT2D eigenvalue weighted by Gasteiger charge is -2.21. The van der Waals surface area contributed by atoms with Crippen molar-refractivity contribution in [1.82, 2.24) is 4.90 Å². The van der Waals surface area contributed by atoms with Crippen LogP contribution in [0.25, 0.3) is 6.08 Å². The van der Waals surface area contributed by atoms with E-state index in [1.807, 2.05) is 30.3 Å². The topological polar surface area (TPSA) is 53.0 Å². The number of benzene rings is 2. The lowest BCUT2D eigenvalue weighted by molar-refractivity contribution is -0.127. The Bertz CT molecular complexity index is 1020. The largest absolute Gasteiger partial charge is 0.335 e. The van der Waals surface area contributed by atoms with E-state index in [2.05, 4.69) is 18.2 Å².